The minimum atomic E-state index is 0.116. The molecule has 23 heavy (non-hydrogen) atoms. The summed E-state index contributed by atoms with van der Waals surface area (Å²) < 4.78 is 5.51. The molecular weight excluding hydrogens is 288 g/mol. The third kappa shape index (κ3) is 5.62. The molecule has 0 aliphatic rings. The van der Waals surface area contributed by atoms with Crippen LogP contribution in [0.5, 0.6) is 5.88 Å². The third-order valence-electron chi connectivity index (χ3n) is 3.22. The molecule has 1 heterocycles. The van der Waals surface area contributed by atoms with Gasteiger partial charge in [0, 0.05) is 18.0 Å². The molecule has 1 aromatic carbocycles. The number of nitrogens with zero attached hydrogens (tertiary/aromatic N) is 2. The lowest BCUT2D eigenvalue weighted by Crippen LogP contribution is -2.22. The van der Waals surface area contributed by atoms with Gasteiger partial charge in [-0.15, -0.1) is 0 Å². The monoisotopic (exact) mass is 312 g/mol. The van der Waals surface area contributed by atoms with Crippen LogP contribution in [0.4, 0.5) is 5.69 Å². The Morgan fingerprint density at radius 3 is 2.43 bits per heavy atom. The molecule has 3 N–H and O–H groups in total. The number of aromatic nitrogens is 1. The number of anilines is 1. The van der Waals surface area contributed by atoms with Gasteiger partial charge in [-0.1, -0.05) is 25.1 Å². The lowest BCUT2D eigenvalue weighted by atomic mass is 10.1. The van der Waals surface area contributed by atoms with Crippen molar-refractivity contribution in [2.45, 2.75) is 39.8 Å². The number of benzene rings is 1. The predicted molar refractivity (Wildman–Crippen MR) is 94.8 cm³/mol. The van der Waals surface area contributed by atoms with E-state index in [0.717, 1.165) is 17.7 Å². The summed E-state index contributed by atoms with van der Waals surface area (Å²) >= 11 is 0. The number of hydrogen-bond acceptors (Lipinski definition) is 3. The first kappa shape index (κ1) is 16.8. The number of aryl methyl sites for hydroxylation is 1. The minimum Gasteiger partial charge on any atom is -0.475 e. The summed E-state index contributed by atoms with van der Waals surface area (Å²) in [7, 11) is 0. The number of ether oxygens (including phenoxy) is 1. The predicted octanol–water partition coefficient (Wildman–Crippen LogP) is 3.36. The van der Waals surface area contributed by atoms with E-state index in [2.05, 4.69) is 34.3 Å². The number of nitrogens with two attached hydrogens (primary N) is 1. The van der Waals surface area contributed by atoms with Crippen LogP contribution in [0.3, 0.4) is 0 Å². The molecular formula is C18H24N4O. The lowest BCUT2D eigenvalue weighted by Gasteiger charge is -2.09. The molecule has 1 aromatic heterocycles. The topological polar surface area (TPSA) is 72.5 Å². The maximum atomic E-state index is 5.91. The van der Waals surface area contributed by atoms with Crippen molar-refractivity contribution < 1.29 is 4.74 Å². The average molecular weight is 312 g/mol. The summed E-state index contributed by atoms with van der Waals surface area (Å²) in [5, 5.41) is 3.08. The van der Waals surface area contributed by atoms with Crippen LogP contribution in [0.2, 0.25) is 0 Å². The molecule has 0 aliphatic heterocycles. The smallest absolute Gasteiger partial charge is 0.213 e. The highest BCUT2D eigenvalue weighted by Crippen LogP contribution is 2.11. The molecule has 0 spiro atoms. The summed E-state index contributed by atoms with van der Waals surface area (Å²) in [4.78, 5) is 8.57. The molecule has 5 nitrogen and oxygen atoms in total. The zero-order chi connectivity index (χ0) is 16.7. The summed E-state index contributed by atoms with van der Waals surface area (Å²) in [6.45, 7) is 6.54. The van der Waals surface area contributed by atoms with Gasteiger partial charge in [0.25, 0.3) is 0 Å². The van der Waals surface area contributed by atoms with E-state index in [1.807, 2.05) is 38.1 Å². The van der Waals surface area contributed by atoms with E-state index in [0.29, 0.717) is 18.4 Å². The van der Waals surface area contributed by atoms with E-state index in [-0.39, 0.29) is 6.10 Å². The van der Waals surface area contributed by atoms with Gasteiger partial charge in [-0.05, 0) is 43.5 Å². The first-order chi connectivity index (χ1) is 11.1. The lowest BCUT2D eigenvalue weighted by molar-refractivity contribution is 0.232. The van der Waals surface area contributed by atoms with Crippen LogP contribution < -0.4 is 15.8 Å². The zero-order valence-corrected chi connectivity index (χ0v) is 13.9. The van der Waals surface area contributed by atoms with E-state index < -0.39 is 0 Å². The van der Waals surface area contributed by atoms with Crippen LogP contribution in [-0.4, -0.2) is 17.0 Å². The Kier molecular flexibility index (Phi) is 5.97. The number of pyridine rings is 1. The normalized spacial score (nSPS) is 11.6. The molecule has 0 radical (unpaired) electrons. The van der Waals surface area contributed by atoms with E-state index >= 15 is 0 Å². The van der Waals surface area contributed by atoms with E-state index in [1.165, 1.54) is 5.56 Å². The van der Waals surface area contributed by atoms with Gasteiger partial charge in [-0.2, -0.15) is 0 Å². The largest absolute Gasteiger partial charge is 0.475 e. The SMILES string of the molecule is CCc1ccc(NC(N)=NCc2ccc(OC(C)C)nc2)cc1. The van der Waals surface area contributed by atoms with Crippen molar-refractivity contribution >= 4 is 11.6 Å². The van der Waals surface area contributed by atoms with Crippen molar-refractivity contribution in [1.29, 1.82) is 0 Å². The second kappa shape index (κ2) is 8.17. The number of nitrogens with one attached hydrogen (secondary N) is 1. The Balaban J connectivity index is 1.90. The molecule has 122 valence electrons. The van der Waals surface area contributed by atoms with Gasteiger partial charge in [0.15, 0.2) is 5.96 Å². The highest BCUT2D eigenvalue weighted by Gasteiger charge is 2.00. The molecule has 0 amide bonds. The Morgan fingerprint density at radius 1 is 1.17 bits per heavy atom. The van der Waals surface area contributed by atoms with Crippen LogP contribution in [0.25, 0.3) is 0 Å². The minimum absolute atomic E-state index is 0.116. The van der Waals surface area contributed by atoms with E-state index in [4.69, 9.17) is 10.5 Å². The van der Waals surface area contributed by atoms with Crippen molar-refractivity contribution in [3.8, 4) is 5.88 Å². The molecule has 2 rings (SSSR count). The molecule has 0 atom stereocenters. The Morgan fingerprint density at radius 2 is 1.87 bits per heavy atom. The molecule has 5 heteroatoms. The standard InChI is InChI=1S/C18H24N4O/c1-4-14-5-8-16(9-6-14)22-18(19)21-12-15-7-10-17(20-11-15)23-13(2)3/h5-11,13H,4,12H2,1-3H3,(H3,19,21,22). The van der Waals surface area contributed by atoms with Crippen LogP contribution in [0, 0.1) is 0 Å². The Hall–Kier alpha value is -2.56. The molecule has 0 aliphatic carbocycles. The van der Waals surface area contributed by atoms with E-state index in [1.54, 1.807) is 6.20 Å². The molecule has 0 saturated carbocycles. The zero-order valence-electron chi connectivity index (χ0n) is 13.9. The highest BCUT2D eigenvalue weighted by atomic mass is 16.5. The average Bonchev–Trinajstić information content (AvgIpc) is 2.54. The molecule has 2 aromatic rings. The first-order valence-corrected chi connectivity index (χ1v) is 7.84. The summed E-state index contributed by atoms with van der Waals surface area (Å²) in [5.74, 6) is 1.01. The van der Waals surface area contributed by atoms with Gasteiger partial charge >= 0.3 is 0 Å². The van der Waals surface area contributed by atoms with Gasteiger partial charge in [-0.3, -0.25) is 0 Å². The summed E-state index contributed by atoms with van der Waals surface area (Å²) in [6, 6.07) is 11.9. The van der Waals surface area contributed by atoms with Crippen molar-refractivity contribution in [3.05, 3.63) is 53.7 Å². The maximum absolute atomic E-state index is 5.91. The van der Waals surface area contributed by atoms with Crippen LogP contribution in [-0.2, 0) is 13.0 Å². The molecule has 0 saturated heterocycles. The molecule has 0 unspecified atom stereocenters. The van der Waals surface area contributed by atoms with Crippen LogP contribution >= 0.6 is 0 Å². The fourth-order valence-corrected chi connectivity index (χ4v) is 2.00. The quantitative estimate of drug-likeness (QED) is 0.634. The first-order valence-electron chi connectivity index (χ1n) is 7.84. The van der Waals surface area contributed by atoms with Crippen molar-refractivity contribution in [2.75, 3.05) is 5.32 Å². The fourth-order valence-electron chi connectivity index (χ4n) is 2.00. The van der Waals surface area contributed by atoms with Crippen molar-refractivity contribution in [1.82, 2.24) is 4.98 Å². The highest BCUT2D eigenvalue weighted by molar-refractivity contribution is 5.92. The van der Waals surface area contributed by atoms with Gasteiger partial charge in [0.05, 0.1) is 12.6 Å². The van der Waals surface area contributed by atoms with Gasteiger partial charge in [0.1, 0.15) is 0 Å². The van der Waals surface area contributed by atoms with Crippen molar-refractivity contribution in [3.63, 3.8) is 0 Å². The van der Waals surface area contributed by atoms with Gasteiger partial charge in [-0.25, -0.2) is 9.98 Å². The van der Waals surface area contributed by atoms with Gasteiger partial charge < -0.3 is 15.8 Å². The fraction of sp³-hybridized carbons (Fsp3) is 0.333. The molecule has 0 bridgehead atoms. The van der Waals surface area contributed by atoms with E-state index in [9.17, 15) is 0 Å². The number of guanidine groups is 1. The van der Waals surface area contributed by atoms with Crippen molar-refractivity contribution in [2.24, 2.45) is 10.7 Å². The summed E-state index contributed by atoms with van der Waals surface area (Å²) in [5.41, 5.74) is 9.12. The van der Waals surface area contributed by atoms with Gasteiger partial charge in [0.2, 0.25) is 5.88 Å². The third-order valence-corrected chi connectivity index (χ3v) is 3.22. The summed E-state index contributed by atoms with van der Waals surface area (Å²) in [6.07, 6.45) is 2.89. The Bertz CT molecular complexity index is 633. The Labute approximate surface area is 137 Å². The number of hydrogen-bond donors (Lipinski definition) is 2. The second-order valence-electron chi connectivity index (χ2n) is 5.55. The number of aliphatic imine (C=N–C) groups is 1. The van der Waals surface area contributed by atoms with Crippen LogP contribution in [0.1, 0.15) is 31.9 Å². The number of rotatable bonds is 6. The van der Waals surface area contributed by atoms with Crippen LogP contribution in [0.15, 0.2) is 47.6 Å². The molecule has 0 fully saturated rings. The maximum Gasteiger partial charge on any atom is 0.213 e. The second-order valence-corrected chi connectivity index (χ2v) is 5.55.